The van der Waals surface area contributed by atoms with Crippen LogP contribution in [-0.4, -0.2) is 81.0 Å². The Hall–Kier alpha value is -3.51. The van der Waals surface area contributed by atoms with Gasteiger partial charge in [0.25, 0.3) is 0 Å². The van der Waals surface area contributed by atoms with Crippen molar-refractivity contribution in [3.63, 3.8) is 0 Å². The quantitative estimate of drug-likeness (QED) is 0.213. The van der Waals surface area contributed by atoms with E-state index in [0.717, 1.165) is 67.5 Å². The molecule has 0 unspecified atom stereocenters. The molecule has 0 bridgehead atoms. The fourth-order valence-electron chi connectivity index (χ4n) is 7.22. The minimum Gasteiger partial charge on any atom is -0.488 e. The number of rotatable bonds is 8. The average molecular weight is 713 g/mol. The Morgan fingerprint density at radius 2 is 1.96 bits per heavy atom. The molecule has 2 saturated carbocycles. The lowest BCUT2D eigenvalue weighted by atomic mass is 10.0. The third-order valence-electron chi connectivity index (χ3n) is 9.97. The molecule has 0 spiro atoms. The van der Waals surface area contributed by atoms with Gasteiger partial charge in [-0.25, -0.2) is 14.6 Å². The molecule has 6 rings (SSSR count). The number of carbonyl (C=O) groups is 4. The van der Waals surface area contributed by atoms with Crippen molar-refractivity contribution in [2.75, 3.05) is 12.3 Å². The first-order chi connectivity index (χ1) is 23.7. The number of fused-ring (bicyclic) bond motifs is 3. The fourth-order valence-corrected chi connectivity index (χ4v) is 8.19. The molecule has 4 aliphatic rings. The largest absolute Gasteiger partial charge is 0.488 e. The molecule has 49 heavy (non-hydrogen) atoms. The Morgan fingerprint density at radius 3 is 2.73 bits per heavy atom. The van der Waals surface area contributed by atoms with Crippen LogP contribution in [0.15, 0.2) is 41.4 Å². The Labute approximate surface area is 295 Å². The summed E-state index contributed by atoms with van der Waals surface area (Å²) < 4.78 is 12.2. The molecule has 11 nitrogen and oxygen atoms in total. The highest BCUT2D eigenvalue weighted by Gasteiger charge is 2.61. The summed E-state index contributed by atoms with van der Waals surface area (Å²) in [5, 5.41) is 17.9. The summed E-state index contributed by atoms with van der Waals surface area (Å²) in [6, 6.07) is 5.90. The number of hydrogen-bond donors (Lipinski definition) is 3. The average Bonchev–Trinajstić information content (AvgIpc) is 3.35. The Morgan fingerprint density at radius 1 is 1.16 bits per heavy atom. The third kappa shape index (κ3) is 8.28. The summed E-state index contributed by atoms with van der Waals surface area (Å²) in [6.07, 6.45) is 10.6. The smallest absolute Gasteiger partial charge is 0.407 e. The van der Waals surface area contributed by atoms with Gasteiger partial charge in [0.15, 0.2) is 0 Å². The highest BCUT2D eigenvalue weighted by atomic mass is 35.5. The van der Waals surface area contributed by atoms with Gasteiger partial charge in [0.1, 0.15) is 34.6 Å². The number of amides is 3. The number of carbonyl (C=O) groups excluding carboxylic acids is 3. The maximum atomic E-state index is 14.1. The minimum absolute atomic E-state index is 0.0234. The van der Waals surface area contributed by atoms with E-state index in [1.54, 1.807) is 17.8 Å². The van der Waals surface area contributed by atoms with Gasteiger partial charge in [0.2, 0.25) is 11.8 Å². The van der Waals surface area contributed by atoms with E-state index < -0.39 is 41.7 Å². The van der Waals surface area contributed by atoms with Crippen molar-refractivity contribution in [2.45, 2.75) is 119 Å². The summed E-state index contributed by atoms with van der Waals surface area (Å²) in [5.74, 6) is -0.852. The molecule has 13 heteroatoms. The number of hydrogen-bond acceptors (Lipinski definition) is 8. The summed E-state index contributed by atoms with van der Waals surface area (Å²) in [5.41, 5.74) is -0.796. The van der Waals surface area contributed by atoms with Crippen LogP contribution >= 0.6 is 23.4 Å². The summed E-state index contributed by atoms with van der Waals surface area (Å²) in [6.45, 7) is 2.20. The van der Waals surface area contributed by atoms with Gasteiger partial charge >= 0.3 is 12.1 Å². The van der Waals surface area contributed by atoms with Crippen molar-refractivity contribution in [1.29, 1.82) is 0 Å². The molecule has 1 aromatic heterocycles. The van der Waals surface area contributed by atoms with Crippen LogP contribution in [0.2, 0.25) is 5.02 Å². The second kappa shape index (κ2) is 15.6. The molecule has 1 aromatic carbocycles. The molecule has 5 atom stereocenters. The van der Waals surface area contributed by atoms with E-state index in [1.807, 2.05) is 30.4 Å². The Bertz CT molecular complexity index is 1600. The lowest BCUT2D eigenvalue weighted by Gasteiger charge is -2.27. The number of allylic oxidation sites excluding steroid dienone is 1. The molecule has 1 saturated heterocycles. The van der Waals surface area contributed by atoms with Crippen LogP contribution in [0, 0.1) is 5.92 Å². The number of thioether (sulfide) groups is 1. The molecule has 2 aromatic rings. The number of pyridine rings is 1. The number of nitrogens with one attached hydrogen (secondary N) is 2. The molecule has 3 heterocycles. The number of carboxylic acids is 1. The molecular formula is C36H45ClN4O7S. The topological polar surface area (TPSA) is 147 Å². The predicted octanol–water partition coefficient (Wildman–Crippen LogP) is 6.26. The normalized spacial score (nSPS) is 28.5. The number of halogens is 1. The standard InChI is InChI=1S/C36H45ClN4O7S/c1-2-16-49-30-19-29(26-14-9-15-27(37)32(26)39-30)47-25-18-28-33(43)40-36(34(44)45)20-22(36)10-5-3-4-6-11-23(17-31(42)41(28)21-25)38-35(46)48-24-12-7-8-13-24/h5,9-10,14-15,19,22-25,28H,2-4,6-8,11-13,16-18,20-21H2,1H3,(H,38,46)(H,40,43)(H,44,45)/b10-5-/t22-,23-,25+,28-,36+/m0/s1. The zero-order valence-corrected chi connectivity index (χ0v) is 29.4. The summed E-state index contributed by atoms with van der Waals surface area (Å²) >= 11 is 8.14. The first-order valence-electron chi connectivity index (χ1n) is 17.5. The second-order valence-electron chi connectivity index (χ2n) is 13.6. The molecule has 3 amide bonds. The maximum absolute atomic E-state index is 14.1. The molecule has 0 radical (unpaired) electrons. The van der Waals surface area contributed by atoms with Crippen LogP contribution in [0.4, 0.5) is 4.79 Å². The van der Waals surface area contributed by atoms with Crippen LogP contribution in [0.5, 0.6) is 5.75 Å². The summed E-state index contributed by atoms with van der Waals surface area (Å²) in [7, 11) is 0. The molecule has 3 N–H and O–H groups in total. The molecular weight excluding hydrogens is 668 g/mol. The van der Waals surface area contributed by atoms with Crippen LogP contribution in [-0.2, 0) is 19.1 Å². The van der Waals surface area contributed by atoms with Crippen molar-refractivity contribution in [3.05, 3.63) is 41.4 Å². The van der Waals surface area contributed by atoms with Crippen LogP contribution < -0.4 is 15.4 Å². The molecule has 3 fully saturated rings. The lowest BCUT2D eigenvalue weighted by molar-refractivity contribution is -0.145. The highest BCUT2D eigenvalue weighted by molar-refractivity contribution is 7.99. The van der Waals surface area contributed by atoms with E-state index >= 15 is 0 Å². The van der Waals surface area contributed by atoms with Crippen molar-refractivity contribution >= 4 is 58.1 Å². The zero-order chi connectivity index (χ0) is 34.5. The maximum Gasteiger partial charge on any atom is 0.407 e. The van der Waals surface area contributed by atoms with Gasteiger partial charge in [0.05, 0.1) is 17.1 Å². The van der Waals surface area contributed by atoms with Crippen LogP contribution in [0.25, 0.3) is 10.9 Å². The van der Waals surface area contributed by atoms with Gasteiger partial charge < -0.3 is 30.1 Å². The molecule has 2 aliphatic carbocycles. The van der Waals surface area contributed by atoms with Gasteiger partial charge in [-0.15, -0.1) is 11.8 Å². The van der Waals surface area contributed by atoms with Gasteiger partial charge in [-0.2, -0.15) is 0 Å². The van der Waals surface area contributed by atoms with Crippen LogP contribution in [0.1, 0.15) is 84.0 Å². The van der Waals surface area contributed by atoms with Gasteiger partial charge in [-0.1, -0.05) is 43.2 Å². The number of para-hydroxylation sites is 1. The van der Waals surface area contributed by atoms with Gasteiger partial charge in [0, 0.05) is 36.3 Å². The SMILES string of the molecule is CCCSc1cc(O[C@@H]2C[C@H]3C(=O)N[C@]4(C(=O)O)C[C@@H]4/C=C\CCCC[C@H](NC(=O)OC4CCCC4)CC(=O)N3C2)c2cccc(Cl)c2n1. The number of aromatic nitrogens is 1. The fraction of sp³-hybridized carbons (Fsp3) is 0.583. The van der Waals surface area contributed by atoms with Crippen LogP contribution in [0.3, 0.4) is 0 Å². The number of aliphatic carboxylic acids is 1. The first-order valence-corrected chi connectivity index (χ1v) is 18.9. The Balaban J connectivity index is 1.26. The number of carboxylic acid groups (broad SMARTS) is 1. The number of nitrogens with zero attached hydrogens (tertiary/aromatic N) is 2. The van der Waals surface area contributed by atoms with Gasteiger partial charge in [-0.3, -0.25) is 9.59 Å². The number of benzene rings is 1. The zero-order valence-electron chi connectivity index (χ0n) is 27.8. The van der Waals surface area contributed by atoms with Crippen molar-refractivity contribution in [3.8, 4) is 5.75 Å². The van der Waals surface area contributed by atoms with E-state index in [4.69, 9.17) is 26.1 Å². The highest BCUT2D eigenvalue weighted by Crippen LogP contribution is 2.45. The molecule has 264 valence electrons. The summed E-state index contributed by atoms with van der Waals surface area (Å²) in [4.78, 5) is 59.6. The first kappa shape index (κ1) is 35.3. The number of alkyl carbamates (subject to hydrolysis) is 1. The van der Waals surface area contributed by atoms with Crippen molar-refractivity contribution < 1.29 is 33.8 Å². The van der Waals surface area contributed by atoms with Gasteiger partial charge in [-0.05, 0) is 75.7 Å². The van der Waals surface area contributed by atoms with E-state index in [0.29, 0.717) is 29.1 Å². The van der Waals surface area contributed by atoms with E-state index in [1.165, 1.54) is 4.90 Å². The number of ether oxygens (including phenoxy) is 2. The lowest BCUT2D eigenvalue weighted by Crippen LogP contribution is -2.53. The van der Waals surface area contributed by atoms with Crippen molar-refractivity contribution in [2.24, 2.45) is 5.92 Å². The third-order valence-corrected chi connectivity index (χ3v) is 11.4. The predicted molar refractivity (Wildman–Crippen MR) is 187 cm³/mol. The monoisotopic (exact) mass is 712 g/mol. The van der Waals surface area contributed by atoms with E-state index in [9.17, 15) is 24.3 Å². The Kier molecular flexibility index (Phi) is 11.2. The second-order valence-corrected chi connectivity index (χ2v) is 15.1. The van der Waals surface area contributed by atoms with E-state index in [2.05, 4.69) is 17.6 Å². The molecule has 2 aliphatic heterocycles. The van der Waals surface area contributed by atoms with E-state index in [-0.39, 0.29) is 37.3 Å². The minimum atomic E-state index is -1.40. The van der Waals surface area contributed by atoms with Crippen molar-refractivity contribution in [1.82, 2.24) is 20.5 Å².